The molecule has 19 heavy (non-hydrogen) atoms. The van der Waals surface area contributed by atoms with Gasteiger partial charge in [0.15, 0.2) is 0 Å². The first-order chi connectivity index (χ1) is 9.41. The number of aromatic nitrogens is 2. The Morgan fingerprint density at radius 3 is 1.26 bits per heavy atom. The molecule has 0 unspecified atom stereocenters. The summed E-state index contributed by atoms with van der Waals surface area (Å²) in [6, 6.07) is 7.56. The topological polar surface area (TPSA) is 28.2 Å². The van der Waals surface area contributed by atoms with Crippen molar-refractivity contribution in [2.75, 3.05) is 0 Å². The van der Waals surface area contributed by atoms with Gasteiger partial charge in [-0.1, -0.05) is 24.3 Å². The molecule has 0 spiro atoms. The predicted molar refractivity (Wildman–Crippen MR) is 84.7 cm³/mol. The van der Waals surface area contributed by atoms with Gasteiger partial charge in [0.2, 0.25) is 0 Å². The molecule has 0 amide bonds. The Labute approximate surface area is 124 Å². The summed E-state index contributed by atoms with van der Waals surface area (Å²) in [6.45, 7) is 4.57. The zero-order valence-corrected chi connectivity index (χ0v) is 14.4. The van der Waals surface area contributed by atoms with E-state index in [1.165, 1.54) is 25.7 Å². The van der Waals surface area contributed by atoms with Gasteiger partial charge in [-0.15, -0.1) is 0 Å². The van der Waals surface area contributed by atoms with Crippen LogP contribution in [0.1, 0.15) is 39.5 Å². The molecule has 2 radical (unpaired) electrons. The van der Waals surface area contributed by atoms with Gasteiger partial charge in [-0.05, 0) is 0 Å². The van der Waals surface area contributed by atoms with Crippen LogP contribution in [0.4, 0.5) is 0 Å². The summed E-state index contributed by atoms with van der Waals surface area (Å²) in [4.78, 5) is 7.44. The maximum atomic E-state index is 3.72. The van der Waals surface area contributed by atoms with E-state index in [1.54, 1.807) is 35.3 Å². The van der Waals surface area contributed by atoms with Crippen LogP contribution >= 0.6 is 0 Å². The summed E-state index contributed by atoms with van der Waals surface area (Å²) in [5.41, 5.74) is 0. The van der Waals surface area contributed by atoms with E-state index in [-0.39, 0.29) is 0 Å². The zero-order chi connectivity index (χ0) is 14.0. The van der Waals surface area contributed by atoms with E-state index in [1.807, 2.05) is 24.3 Å². The van der Waals surface area contributed by atoms with Crippen LogP contribution in [0.25, 0.3) is 0 Å². The van der Waals surface area contributed by atoms with E-state index in [2.05, 4.69) is 23.8 Å². The SMILES string of the molecule is CCC[CH2][Ge][CH2]CCC.c1cc[n-]c1.c1cc[n-]c1. The second-order valence-corrected chi connectivity index (χ2v) is 7.27. The average Bonchev–Trinajstić information content (AvgIpc) is 3.16. The van der Waals surface area contributed by atoms with Gasteiger partial charge in [0.05, 0.1) is 0 Å². The second kappa shape index (κ2) is 17.1. The van der Waals surface area contributed by atoms with E-state index in [9.17, 15) is 0 Å². The molecule has 106 valence electrons. The van der Waals surface area contributed by atoms with Crippen LogP contribution in [-0.4, -0.2) is 15.4 Å². The van der Waals surface area contributed by atoms with Gasteiger partial charge in [-0.25, -0.2) is 0 Å². The van der Waals surface area contributed by atoms with Crippen molar-refractivity contribution in [1.82, 2.24) is 9.97 Å². The van der Waals surface area contributed by atoms with E-state index in [0.29, 0.717) is 15.4 Å². The molecule has 2 nitrogen and oxygen atoms in total. The molecule has 0 saturated heterocycles. The third-order valence-corrected chi connectivity index (χ3v) is 5.29. The molecule has 0 aromatic carbocycles. The van der Waals surface area contributed by atoms with Gasteiger partial charge in [0, 0.05) is 0 Å². The van der Waals surface area contributed by atoms with Crippen molar-refractivity contribution < 1.29 is 0 Å². The van der Waals surface area contributed by atoms with Gasteiger partial charge in [-0.2, -0.15) is 24.8 Å². The predicted octanol–water partition coefficient (Wildman–Crippen LogP) is 4.42. The van der Waals surface area contributed by atoms with Gasteiger partial charge < -0.3 is 9.97 Å². The van der Waals surface area contributed by atoms with Crippen LogP contribution in [0, 0.1) is 0 Å². The number of unbranched alkanes of at least 4 members (excludes halogenated alkanes) is 2. The second-order valence-electron chi connectivity index (χ2n) is 4.12. The Kier molecular flexibility index (Phi) is 16.3. The average molecular weight is 319 g/mol. The van der Waals surface area contributed by atoms with Gasteiger partial charge in [0.25, 0.3) is 0 Å². The van der Waals surface area contributed by atoms with Crippen LogP contribution in [0.2, 0.25) is 10.5 Å². The summed E-state index contributed by atoms with van der Waals surface area (Å²) < 4.78 is 0. The summed E-state index contributed by atoms with van der Waals surface area (Å²) in [5, 5.41) is 3.16. The van der Waals surface area contributed by atoms with Gasteiger partial charge >= 0.3 is 65.5 Å². The van der Waals surface area contributed by atoms with E-state index in [4.69, 9.17) is 0 Å². The zero-order valence-electron chi connectivity index (χ0n) is 12.3. The first kappa shape index (κ1) is 18.1. The van der Waals surface area contributed by atoms with Crippen molar-refractivity contribution >= 4 is 15.4 Å². The van der Waals surface area contributed by atoms with Crippen molar-refractivity contribution in [2.45, 2.75) is 50.0 Å². The van der Waals surface area contributed by atoms with Crippen LogP contribution in [0.15, 0.2) is 49.1 Å². The molecule has 2 heterocycles. The summed E-state index contributed by atoms with van der Waals surface area (Å²) in [5.74, 6) is 0. The standard InChI is InChI=1S/C8H18Ge.2C4H4N/c1-3-5-7-9-8-6-4-2;2*1-2-4-5-3-1/h3-8H2,1-2H3;2*1-4H/q;2*-1. The Morgan fingerprint density at radius 2 is 1.05 bits per heavy atom. The fourth-order valence-corrected chi connectivity index (χ4v) is 4.28. The molecule has 0 bridgehead atoms. The van der Waals surface area contributed by atoms with Crippen LogP contribution < -0.4 is 9.97 Å². The molecule has 0 aliphatic rings. The molecular formula is C16H26GeN2-2. The molecule has 2 aromatic heterocycles. The van der Waals surface area contributed by atoms with Crippen molar-refractivity contribution in [2.24, 2.45) is 0 Å². The molecular weight excluding hydrogens is 293 g/mol. The van der Waals surface area contributed by atoms with Crippen LogP contribution in [-0.2, 0) is 0 Å². The molecule has 0 aliphatic heterocycles. The quantitative estimate of drug-likeness (QED) is 0.582. The third kappa shape index (κ3) is 17.1. The Hall–Kier alpha value is -0.897. The summed E-state index contributed by atoms with van der Waals surface area (Å²) >= 11 is 0.496. The van der Waals surface area contributed by atoms with E-state index < -0.39 is 0 Å². The maximum Gasteiger partial charge on any atom is -0.0860 e. The minimum Gasteiger partial charge on any atom is -0.670 e. The molecule has 0 atom stereocenters. The molecule has 2 aromatic rings. The molecule has 3 heteroatoms. The third-order valence-electron chi connectivity index (χ3n) is 2.32. The number of hydrogen-bond acceptors (Lipinski definition) is 0. The fraction of sp³-hybridized carbons (Fsp3) is 0.500. The summed E-state index contributed by atoms with van der Waals surface area (Å²) in [7, 11) is 0. The van der Waals surface area contributed by atoms with Gasteiger partial charge in [0.1, 0.15) is 0 Å². The Bertz CT molecular complexity index is 237. The Morgan fingerprint density at radius 1 is 0.684 bits per heavy atom. The van der Waals surface area contributed by atoms with E-state index >= 15 is 0 Å². The summed E-state index contributed by atoms with van der Waals surface area (Å²) in [6.07, 6.45) is 12.8. The van der Waals surface area contributed by atoms with E-state index in [0.717, 1.165) is 0 Å². The van der Waals surface area contributed by atoms with Crippen LogP contribution in [0.5, 0.6) is 0 Å². The molecule has 0 fully saturated rings. The minimum absolute atomic E-state index is 0.496. The first-order valence-electron chi connectivity index (χ1n) is 7.15. The normalized spacial score (nSPS) is 8.95. The minimum atomic E-state index is 0.496. The molecule has 2 rings (SSSR count). The molecule has 0 N–H and O–H groups in total. The smallest absolute Gasteiger partial charge is 0.0860 e. The van der Waals surface area contributed by atoms with Gasteiger partial charge in [-0.3, -0.25) is 0 Å². The van der Waals surface area contributed by atoms with Crippen molar-refractivity contribution in [1.29, 1.82) is 0 Å². The van der Waals surface area contributed by atoms with Crippen molar-refractivity contribution in [3.05, 3.63) is 49.1 Å². The maximum absolute atomic E-state index is 3.72. The number of nitrogens with zero attached hydrogens (tertiary/aromatic N) is 2. The molecule has 0 aliphatic carbocycles. The van der Waals surface area contributed by atoms with Crippen LogP contribution in [0.3, 0.4) is 0 Å². The number of rotatable bonds is 6. The first-order valence-corrected chi connectivity index (χ1v) is 10.1. The monoisotopic (exact) mass is 320 g/mol. The number of hydrogen-bond donors (Lipinski definition) is 0. The van der Waals surface area contributed by atoms with Crippen molar-refractivity contribution in [3.63, 3.8) is 0 Å². The molecule has 0 saturated carbocycles. The largest absolute Gasteiger partial charge is 0.670 e. The fourth-order valence-electron chi connectivity index (χ4n) is 1.23. The Balaban J connectivity index is 0.000000273. The van der Waals surface area contributed by atoms with Crippen molar-refractivity contribution in [3.8, 4) is 0 Å².